The van der Waals surface area contributed by atoms with Crippen molar-refractivity contribution in [2.75, 3.05) is 11.4 Å². The number of anilines is 1. The molecule has 3 rings (SSSR count). The number of hydrogen-bond acceptors (Lipinski definition) is 5. The summed E-state index contributed by atoms with van der Waals surface area (Å²) in [5.74, 6) is -0.298. The Balaban J connectivity index is 2.10. The number of hydrogen-bond donors (Lipinski definition) is 1. The van der Waals surface area contributed by atoms with E-state index in [0.717, 1.165) is 0 Å². The van der Waals surface area contributed by atoms with Crippen molar-refractivity contribution >= 4 is 34.7 Å². The predicted molar refractivity (Wildman–Crippen MR) is 70.4 cm³/mol. The molecule has 7 nitrogen and oxygen atoms in total. The number of nitrogens with one attached hydrogen (secondary N) is 1. The number of urea groups is 1. The van der Waals surface area contributed by atoms with Crippen molar-refractivity contribution in [3.63, 3.8) is 0 Å². The summed E-state index contributed by atoms with van der Waals surface area (Å²) in [5.41, 5.74) is 0.981. The molecule has 1 saturated heterocycles. The molecule has 0 spiro atoms. The summed E-state index contributed by atoms with van der Waals surface area (Å²) in [6.07, 6.45) is 3.97. The lowest BCUT2D eigenvalue weighted by Crippen LogP contribution is -2.49. The van der Waals surface area contributed by atoms with Crippen LogP contribution in [0.3, 0.4) is 0 Å². The first-order chi connectivity index (χ1) is 9.69. The largest absolute Gasteiger partial charge is 0.328 e. The Morgan fingerprint density at radius 3 is 2.75 bits per heavy atom. The van der Waals surface area contributed by atoms with Crippen molar-refractivity contribution in [1.29, 1.82) is 0 Å². The van der Waals surface area contributed by atoms with E-state index in [9.17, 15) is 14.4 Å². The molecule has 0 saturated carbocycles. The highest BCUT2D eigenvalue weighted by molar-refractivity contribution is 6.08. The molecule has 7 heteroatoms. The normalized spacial score (nSPS) is 15.3. The third-order valence-electron chi connectivity index (χ3n) is 3.17. The van der Waals surface area contributed by atoms with Gasteiger partial charge in [-0.1, -0.05) is 0 Å². The minimum atomic E-state index is -0.487. The molecule has 0 bridgehead atoms. The summed E-state index contributed by atoms with van der Waals surface area (Å²) in [6.45, 7) is 0.285. The summed E-state index contributed by atoms with van der Waals surface area (Å²) in [6, 6.07) is 2.86. The van der Waals surface area contributed by atoms with Crippen molar-refractivity contribution in [2.24, 2.45) is 0 Å². The molecule has 2 heterocycles. The van der Waals surface area contributed by atoms with E-state index < -0.39 is 6.03 Å². The van der Waals surface area contributed by atoms with Gasteiger partial charge in [-0.05, 0) is 12.1 Å². The Hall–Kier alpha value is -2.83. The van der Waals surface area contributed by atoms with Gasteiger partial charge in [-0.25, -0.2) is 4.79 Å². The number of fused-ring (bicyclic) bond motifs is 1. The van der Waals surface area contributed by atoms with Crippen LogP contribution >= 0.6 is 0 Å². The Labute approximate surface area is 113 Å². The highest BCUT2D eigenvalue weighted by Gasteiger charge is 2.24. The molecule has 0 atom stereocenters. The molecular formula is C13H10N4O3. The van der Waals surface area contributed by atoms with E-state index in [-0.39, 0.29) is 18.9 Å². The average Bonchev–Trinajstić information content (AvgIpc) is 2.46. The summed E-state index contributed by atoms with van der Waals surface area (Å²) in [7, 11) is 0. The Bertz CT molecular complexity index is 729. The van der Waals surface area contributed by atoms with Gasteiger partial charge in [0.15, 0.2) is 6.29 Å². The molecule has 1 aromatic carbocycles. The van der Waals surface area contributed by atoms with Crippen LogP contribution in [0.4, 0.5) is 10.5 Å². The number of aldehydes is 1. The van der Waals surface area contributed by atoms with Gasteiger partial charge in [-0.15, -0.1) is 0 Å². The zero-order valence-electron chi connectivity index (χ0n) is 10.4. The van der Waals surface area contributed by atoms with Crippen LogP contribution in [0.15, 0.2) is 24.5 Å². The van der Waals surface area contributed by atoms with Crippen molar-refractivity contribution in [3.8, 4) is 0 Å². The first-order valence-corrected chi connectivity index (χ1v) is 6.00. The number of nitrogens with zero attached hydrogens (tertiary/aromatic N) is 3. The fourth-order valence-corrected chi connectivity index (χ4v) is 2.19. The lowest BCUT2D eigenvalue weighted by molar-refractivity contribution is -0.120. The number of carbonyl (C=O) groups excluding carboxylic acids is 3. The molecule has 3 amide bonds. The fourth-order valence-electron chi connectivity index (χ4n) is 2.19. The van der Waals surface area contributed by atoms with Gasteiger partial charge >= 0.3 is 6.03 Å². The first kappa shape index (κ1) is 12.2. The summed E-state index contributed by atoms with van der Waals surface area (Å²) in [4.78, 5) is 35.6. The van der Waals surface area contributed by atoms with E-state index in [4.69, 9.17) is 0 Å². The van der Waals surface area contributed by atoms with Gasteiger partial charge in [0.25, 0.3) is 0 Å². The highest BCUT2D eigenvalue weighted by Crippen LogP contribution is 2.25. The lowest BCUT2D eigenvalue weighted by Gasteiger charge is -2.27. The molecule has 1 fully saturated rings. The van der Waals surface area contributed by atoms with E-state index in [1.807, 2.05) is 0 Å². The van der Waals surface area contributed by atoms with Gasteiger partial charge in [0.2, 0.25) is 5.91 Å². The maximum Gasteiger partial charge on any atom is 0.328 e. The Morgan fingerprint density at radius 2 is 2.00 bits per heavy atom. The molecule has 1 N–H and O–H groups in total. The van der Waals surface area contributed by atoms with Gasteiger partial charge in [0.1, 0.15) is 0 Å². The maximum atomic E-state index is 11.8. The number of carbonyl (C=O) groups is 3. The number of amides is 3. The molecule has 0 unspecified atom stereocenters. The van der Waals surface area contributed by atoms with Gasteiger partial charge in [-0.2, -0.15) is 10.2 Å². The maximum absolute atomic E-state index is 11.8. The van der Waals surface area contributed by atoms with E-state index >= 15 is 0 Å². The van der Waals surface area contributed by atoms with Crippen LogP contribution in [0.25, 0.3) is 10.8 Å². The second kappa shape index (κ2) is 4.69. The van der Waals surface area contributed by atoms with Crippen LogP contribution < -0.4 is 10.2 Å². The first-order valence-electron chi connectivity index (χ1n) is 6.00. The monoisotopic (exact) mass is 270 g/mol. The van der Waals surface area contributed by atoms with Crippen LogP contribution in [0.1, 0.15) is 16.8 Å². The SMILES string of the molecule is O=Cc1cc(N2CCC(=O)NC2=O)cc2cnncc12. The molecule has 2 aromatic rings. The summed E-state index contributed by atoms with van der Waals surface area (Å²) in [5, 5.41) is 11.1. The van der Waals surface area contributed by atoms with Gasteiger partial charge in [0.05, 0.1) is 12.4 Å². The van der Waals surface area contributed by atoms with Crippen LogP contribution in [0, 0.1) is 0 Å². The molecule has 1 aliphatic heterocycles. The molecule has 1 aliphatic rings. The van der Waals surface area contributed by atoms with E-state index in [2.05, 4.69) is 15.5 Å². The van der Waals surface area contributed by atoms with Gasteiger partial charge < -0.3 is 0 Å². The topological polar surface area (TPSA) is 92.3 Å². The van der Waals surface area contributed by atoms with Crippen molar-refractivity contribution in [1.82, 2.24) is 15.5 Å². The smallest absolute Gasteiger partial charge is 0.298 e. The second-order valence-corrected chi connectivity index (χ2v) is 4.40. The molecule has 0 radical (unpaired) electrons. The van der Waals surface area contributed by atoms with Crippen LogP contribution in [0.2, 0.25) is 0 Å². The third-order valence-corrected chi connectivity index (χ3v) is 3.17. The second-order valence-electron chi connectivity index (χ2n) is 4.40. The number of imide groups is 1. The third kappa shape index (κ3) is 1.99. The van der Waals surface area contributed by atoms with Crippen LogP contribution in [0.5, 0.6) is 0 Å². The average molecular weight is 270 g/mol. The highest BCUT2D eigenvalue weighted by atomic mass is 16.2. The van der Waals surface area contributed by atoms with Gasteiger partial charge in [0, 0.05) is 35.0 Å². The fraction of sp³-hybridized carbons (Fsp3) is 0.154. The molecule has 100 valence electrons. The molecule has 0 aliphatic carbocycles. The standard InChI is InChI=1S/C13H10N4O3/c18-7-9-4-10(3-8-5-14-15-6-11(8)9)17-2-1-12(19)16-13(17)20/h3-7H,1-2H2,(H,16,19,20). The van der Waals surface area contributed by atoms with E-state index in [1.54, 1.807) is 12.1 Å². The summed E-state index contributed by atoms with van der Waals surface area (Å²) >= 11 is 0. The number of benzene rings is 1. The van der Waals surface area contributed by atoms with Gasteiger partial charge in [-0.3, -0.25) is 19.8 Å². The van der Waals surface area contributed by atoms with Crippen LogP contribution in [-0.2, 0) is 4.79 Å². The minimum Gasteiger partial charge on any atom is -0.298 e. The molecular weight excluding hydrogens is 260 g/mol. The molecule has 20 heavy (non-hydrogen) atoms. The Morgan fingerprint density at radius 1 is 1.20 bits per heavy atom. The zero-order chi connectivity index (χ0) is 14.1. The van der Waals surface area contributed by atoms with Crippen molar-refractivity contribution < 1.29 is 14.4 Å². The number of rotatable bonds is 2. The molecule has 1 aromatic heterocycles. The Kier molecular flexibility index (Phi) is 2.86. The number of aromatic nitrogens is 2. The van der Waals surface area contributed by atoms with Crippen molar-refractivity contribution in [3.05, 3.63) is 30.1 Å². The minimum absolute atomic E-state index is 0.231. The predicted octanol–water partition coefficient (Wildman–Crippen LogP) is 0.889. The van der Waals surface area contributed by atoms with Crippen LogP contribution in [-0.4, -0.2) is 35.0 Å². The van der Waals surface area contributed by atoms with E-state index in [1.165, 1.54) is 17.3 Å². The quantitative estimate of drug-likeness (QED) is 0.818. The zero-order valence-corrected chi connectivity index (χ0v) is 10.4. The lowest BCUT2D eigenvalue weighted by atomic mass is 10.1. The van der Waals surface area contributed by atoms with Crippen molar-refractivity contribution in [2.45, 2.75) is 6.42 Å². The van der Waals surface area contributed by atoms with E-state index in [0.29, 0.717) is 28.3 Å². The summed E-state index contributed by atoms with van der Waals surface area (Å²) < 4.78 is 0.